The average Bonchev–Trinajstić information content (AvgIpc) is 1.93. The minimum absolute atomic E-state index is 1.29. The molecule has 0 radical (unpaired) electrons. The zero-order valence-electron chi connectivity index (χ0n) is 4.53. The monoisotopic (exact) mass is 140 g/mol. The van der Waals surface area contributed by atoms with Crippen molar-refractivity contribution < 1.29 is 0 Å². The van der Waals surface area contributed by atoms with Crippen molar-refractivity contribution in [2.24, 2.45) is 0 Å². The number of nitrogens with zero attached hydrogens (tertiary/aromatic N) is 2. The molecule has 6 heteroatoms. The predicted molar refractivity (Wildman–Crippen MR) is 29.5 cm³/mol. The lowest BCUT2D eigenvalue weighted by atomic mass is 10.5. The van der Waals surface area contributed by atoms with Gasteiger partial charge in [0.15, 0.2) is 0 Å². The van der Waals surface area contributed by atoms with E-state index in [4.69, 9.17) is 0 Å². The first-order valence-corrected chi connectivity index (χ1v) is 2.21. The minimum atomic E-state index is -1.42. The Morgan fingerprint density at radius 2 is 1.00 bits per heavy atom. The lowest BCUT2D eigenvalue weighted by molar-refractivity contribution is 0.919. The lowest BCUT2D eigenvalue weighted by Gasteiger charge is -1.69. The van der Waals surface area contributed by atoms with Crippen molar-refractivity contribution in [3.63, 3.8) is 0 Å². The second-order valence-electron chi connectivity index (χ2n) is 1.47. The van der Waals surface area contributed by atoms with Crippen molar-refractivity contribution in [1.82, 2.24) is 10.2 Å². The van der Waals surface area contributed by atoms with Crippen LogP contribution in [0.15, 0.2) is 19.2 Å². The number of hydrogen-bond donors (Lipinski definition) is 0. The van der Waals surface area contributed by atoms with Gasteiger partial charge < -0.3 is 0 Å². The Labute approximate surface area is 52.5 Å². The summed E-state index contributed by atoms with van der Waals surface area (Å²) in [6.45, 7) is 0. The third-order valence-electron chi connectivity index (χ3n) is 0.826. The summed E-state index contributed by atoms with van der Waals surface area (Å²) in [6, 6.07) is 0. The molecule has 0 N–H and O–H groups in total. The van der Waals surface area contributed by atoms with Crippen LogP contribution in [-0.2, 0) is 0 Å². The van der Waals surface area contributed by atoms with E-state index in [1.165, 1.54) is 0 Å². The summed E-state index contributed by atoms with van der Waals surface area (Å²) in [5.74, 6) is 0. The molecule has 6 nitrogen and oxygen atoms in total. The van der Waals surface area contributed by atoms with Crippen LogP contribution in [0.2, 0.25) is 0 Å². The van der Waals surface area contributed by atoms with Crippen molar-refractivity contribution in [1.29, 1.82) is 0 Å². The van der Waals surface area contributed by atoms with Crippen molar-refractivity contribution in [3.05, 3.63) is 41.2 Å². The van der Waals surface area contributed by atoms with Crippen LogP contribution in [0, 0.1) is 0 Å². The van der Waals surface area contributed by atoms with Gasteiger partial charge in [-0.1, -0.05) is 10.2 Å². The van der Waals surface area contributed by atoms with Crippen LogP contribution >= 0.6 is 0 Å². The molecule has 1 heterocycles. The SMILES string of the molecule is O=c1nnc(=O)c(=O)c1=O. The van der Waals surface area contributed by atoms with Crippen LogP contribution in [0.25, 0.3) is 0 Å². The maximum absolute atomic E-state index is 10.3. The molecule has 0 aliphatic rings. The molecule has 0 fully saturated rings. The Morgan fingerprint density at radius 3 is 1.30 bits per heavy atom. The van der Waals surface area contributed by atoms with E-state index in [1.54, 1.807) is 0 Å². The molecule has 0 saturated heterocycles. The molecule has 10 heavy (non-hydrogen) atoms. The maximum Gasteiger partial charge on any atom is 0.340 e. The topological polar surface area (TPSA) is 94.1 Å². The summed E-state index contributed by atoms with van der Waals surface area (Å²) < 4.78 is 0. The third kappa shape index (κ3) is 0.750. The second kappa shape index (κ2) is 1.90. The van der Waals surface area contributed by atoms with Gasteiger partial charge in [0.2, 0.25) is 0 Å². The smallest absolute Gasteiger partial charge is 0.279 e. The zero-order chi connectivity index (χ0) is 7.72. The first-order valence-electron chi connectivity index (χ1n) is 2.21. The number of rotatable bonds is 0. The highest BCUT2D eigenvalue weighted by Gasteiger charge is 2.03. The van der Waals surface area contributed by atoms with Crippen molar-refractivity contribution in [2.45, 2.75) is 0 Å². The molecular formula is C4N2O4. The van der Waals surface area contributed by atoms with Gasteiger partial charge in [0.1, 0.15) is 0 Å². The van der Waals surface area contributed by atoms with Crippen LogP contribution in [0.4, 0.5) is 0 Å². The Morgan fingerprint density at radius 1 is 0.700 bits per heavy atom. The second-order valence-corrected chi connectivity index (χ2v) is 1.47. The van der Waals surface area contributed by atoms with Gasteiger partial charge in [0.25, 0.3) is 10.9 Å². The highest BCUT2D eigenvalue weighted by molar-refractivity contribution is 4.87. The molecule has 1 aromatic rings. The van der Waals surface area contributed by atoms with Gasteiger partial charge in [-0.2, -0.15) is 0 Å². The van der Waals surface area contributed by atoms with Crippen molar-refractivity contribution >= 4 is 0 Å². The van der Waals surface area contributed by atoms with E-state index in [9.17, 15) is 19.2 Å². The van der Waals surface area contributed by atoms with Crippen molar-refractivity contribution in [2.75, 3.05) is 0 Å². The van der Waals surface area contributed by atoms with Crippen LogP contribution in [0.3, 0.4) is 0 Å². The summed E-state index contributed by atoms with van der Waals surface area (Å²) in [4.78, 5) is 40.9. The van der Waals surface area contributed by atoms with E-state index in [2.05, 4.69) is 10.2 Å². The Balaban J connectivity index is 4.04. The summed E-state index contributed by atoms with van der Waals surface area (Å²) in [5.41, 5.74) is -5.41. The van der Waals surface area contributed by atoms with Gasteiger partial charge in [-0.3, -0.25) is 19.2 Å². The van der Waals surface area contributed by atoms with E-state index < -0.39 is 22.0 Å². The van der Waals surface area contributed by atoms with Gasteiger partial charge in [-0.25, -0.2) is 0 Å². The molecule has 1 rings (SSSR count). The first kappa shape index (κ1) is 6.40. The molecule has 0 bridgehead atoms. The highest BCUT2D eigenvalue weighted by Crippen LogP contribution is 1.29. The summed E-state index contributed by atoms with van der Waals surface area (Å²) in [6.07, 6.45) is 0. The van der Waals surface area contributed by atoms with E-state index >= 15 is 0 Å². The molecule has 0 spiro atoms. The van der Waals surface area contributed by atoms with E-state index in [1.807, 2.05) is 0 Å². The highest BCUT2D eigenvalue weighted by atomic mass is 16.2. The maximum atomic E-state index is 10.3. The number of aromatic nitrogens is 2. The zero-order valence-corrected chi connectivity index (χ0v) is 4.53. The minimum Gasteiger partial charge on any atom is -0.279 e. The predicted octanol–water partition coefficient (Wildman–Crippen LogP) is -3.21. The third-order valence-corrected chi connectivity index (χ3v) is 0.826. The van der Waals surface area contributed by atoms with E-state index in [0.717, 1.165) is 0 Å². The summed E-state index contributed by atoms with van der Waals surface area (Å²) in [7, 11) is 0. The van der Waals surface area contributed by atoms with Gasteiger partial charge in [0, 0.05) is 0 Å². The first-order chi connectivity index (χ1) is 4.63. The van der Waals surface area contributed by atoms with Crippen LogP contribution in [-0.4, -0.2) is 10.2 Å². The largest absolute Gasteiger partial charge is 0.340 e. The fourth-order valence-corrected chi connectivity index (χ4v) is 0.376. The lowest BCUT2D eigenvalue weighted by Crippen LogP contribution is -2.49. The fourth-order valence-electron chi connectivity index (χ4n) is 0.376. The number of hydrogen-bond acceptors (Lipinski definition) is 6. The standard InChI is InChI=1S/C4N2O4/c7-1-2(8)4(10)6-5-3(1)9. The molecule has 0 aliphatic heterocycles. The van der Waals surface area contributed by atoms with Gasteiger partial charge in [-0.05, 0) is 0 Å². The quantitative estimate of drug-likeness (QED) is 0.352. The van der Waals surface area contributed by atoms with Crippen LogP contribution in [0.1, 0.15) is 0 Å². The molecule has 0 saturated carbocycles. The van der Waals surface area contributed by atoms with Gasteiger partial charge in [0.05, 0.1) is 0 Å². The molecule has 0 aliphatic carbocycles. The molecule has 1 aromatic heterocycles. The van der Waals surface area contributed by atoms with Crippen LogP contribution < -0.4 is 22.0 Å². The summed E-state index contributed by atoms with van der Waals surface area (Å²) >= 11 is 0. The molecular weight excluding hydrogens is 140 g/mol. The molecule has 0 atom stereocenters. The van der Waals surface area contributed by atoms with E-state index in [0.29, 0.717) is 0 Å². The van der Waals surface area contributed by atoms with Gasteiger partial charge >= 0.3 is 11.1 Å². The Hall–Kier alpha value is -1.72. The normalized spacial score (nSPS) is 9.60. The Kier molecular flexibility index (Phi) is 1.22. The van der Waals surface area contributed by atoms with Crippen molar-refractivity contribution in [3.8, 4) is 0 Å². The van der Waals surface area contributed by atoms with Gasteiger partial charge in [-0.15, -0.1) is 0 Å². The van der Waals surface area contributed by atoms with Crippen LogP contribution in [0.5, 0.6) is 0 Å². The summed E-state index contributed by atoms with van der Waals surface area (Å²) in [5, 5.41) is 5.22. The Bertz CT molecular complexity index is 399. The molecule has 0 unspecified atom stereocenters. The average molecular weight is 140 g/mol. The molecule has 0 amide bonds. The molecule has 50 valence electrons. The van der Waals surface area contributed by atoms with E-state index in [-0.39, 0.29) is 0 Å². The molecule has 0 aromatic carbocycles. The fraction of sp³-hybridized carbons (Fsp3) is 0.